The average molecular weight is 339 g/mol. The summed E-state index contributed by atoms with van der Waals surface area (Å²) in [5.41, 5.74) is 0.634. The van der Waals surface area contributed by atoms with Crippen molar-refractivity contribution >= 4 is 15.7 Å². The zero-order valence-electron chi connectivity index (χ0n) is 14.2. The van der Waals surface area contributed by atoms with Crippen LogP contribution >= 0.6 is 0 Å². The van der Waals surface area contributed by atoms with Gasteiger partial charge in [-0.2, -0.15) is 0 Å². The number of amides is 1. The van der Waals surface area contributed by atoms with Crippen LogP contribution < -0.4 is 4.74 Å². The van der Waals surface area contributed by atoms with Crippen molar-refractivity contribution in [1.29, 1.82) is 0 Å². The van der Waals surface area contributed by atoms with Gasteiger partial charge in [0.15, 0.2) is 9.84 Å². The van der Waals surface area contributed by atoms with Gasteiger partial charge in [-0.3, -0.25) is 4.79 Å². The summed E-state index contributed by atoms with van der Waals surface area (Å²) in [7, 11) is -1.29. The number of carbonyl (C=O) groups excluding carboxylic acids is 1. The Bertz CT molecular complexity index is 659. The predicted molar refractivity (Wildman–Crippen MR) is 90.4 cm³/mol. The zero-order valence-corrected chi connectivity index (χ0v) is 15.0. The van der Waals surface area contributed by atoms with Crippen molar-refractivity contribution in [1.82, 2.24) is 4.90 Å². The molecule has 1 aromatic rings. The molecular weight excluding hydrogens is 314 g/mol. The van der Waals surface area contributed by atoms with Gasteiger partial charge in [-0.1, -0.05) is 12.1 Å². The highest BCUT2D eigenvalue weighted by molar-refractivity contribution is 7.91. The number of sulfone groups is 1. The molecule has 23 heavy (non-hydrogen) atoms. The Kier molecular flexibility index (Phi) is 5.04. The van der Waals surface area contributed by atoms with E-state index in [4.69, 9.17) is 4.74 Å². The lowest BCUT2D eigenvalue weighted by Gasteiger charge is -2.24. The maximum Gasteiger partial charge on any atom is 0.227 e. The average Bonchev–Trinajstić information content (AvgIpc) is 2.78. The van der Waals surface area contributed by atoms with Gasteiger partial charge in [-0.15, -0.1) is 0 Å². The minimum atomic E-state index is -2.98. The van der Waals surface area contributed by atoms with Crippen molar-refractivity contribution in [2.24, 2.45) is 0 Å². The molecule has 1 aliphatic rings. The maximum absolute atomic E-state index is 12.3. The Labute approximate surface area is 138 Å². The van der Waals surface area contributed by atoms with E-state index in [-0.39, 0.29) is 35.5 Å². The van der Waals surface area contributed by atoms with Crippen LogP contribution in [0.3, 0.4) is 0 Å². The Morgan fingerprint density at radius 3 is 2.35 bits per heavy atom. The quantitative estimate of drug-likeness (QED) is 0.842. The van der Waals surface area contributed by atoms with E-state index in [9.17, 15) is 13.2 Å². The van der Waals surface area contributed by atoms with Crippen LogP contribution in [-0.4, -0.2) is 49.4 Å². The molecule has 0 saturated carbocycles. The lowest BCUT2D eigenvalue weighted by molar-refractivity contribution is -0.130. The van der Waals surface area contributed by atoms with E-state index in [1.54, 1.807) is 11.9 Å². The molecule has 1 amide bonds. The standard InChI is InChI=1S/C17H25NO4S/c1-17(2,3)22-15-7-5-13(6-8-15)11-16(19)18(4)14-9-10-23(20,21)12-14/h5-8,14H,9-12H2,1-4H3. The molecule has 2 rings (SSSR count). The molecule has 5 nitrogen and oxygen atoms in total. The summed E-state index contributed by atoms with van der Waals surface area (Å²) >= 11 is 0. The molecule has 0 bridgehead atoms. The molecule has 1 unspecified atom stereocenters. The Hall–Kier alpha value is -1.56. The SMILES string of the molecule is CN(C(=O)Cc1ccc(OC(C)(C)C)cc1)C1CCS(=O)(=O)C1. The maximum atomic E-state index is 12.3. The summed E-state index contributed by atoms with van der Waals surface area (Å²) in [5.74, 6) is 0.961. The molecule has 1 heterocycles. The number of carbonyl (C=O) groups is 1. The Balaban J connectivity index is 1.95. The third kappa shape index (κ3) is 5.23. The monoisotopic (exact) mass is 339 g/mol. The molecule has 128 valence electrons. The first kappa shape index (κ1) is 17.8. The molecule has 0 radical (unpaired) electrons. The van der Waals surface area contributed by atoms with Crippen LogP contribution in [0.1, 0.15) is 32.8 Å². The van der Waals surface area contributed by atoms with Crippen LogP contribution in [0.5, 0.6) is 5.75 Å². The van der Waals surface area contributed by atoms with Crippen LogP contribution in [0.25, 0.3) is 0 Å². The van der Waals surface area contributed by atoms with Gasteiger partial charge in [0.1, 0.15) is 11.4 Å². The van der Waals surface area contributed by atoms with Crippen LogP contribution in [0, 0.1) is 0 Å². The highest BCUT2D eigenvalue weighted by Crippen LogP contribution is 2.20. The third-order valence-electron chi connectivity index (χ3n) is 3.85. The van der Waals surface area contributed by atoms with Crippen LogP contribution in [0.2, 0.25) is 0 Å². The summed E-state index contributed by atoms with van der Waals surface area (Å²) in [6.45, 7) is 5.94. The van der Waals surface area contributed by atoms with Crippen LogP contribution in [0.4, 0.5) is 0 Å². The summed E-state index contributed by atoms with van der Waals surface area (Å²) < 4.78 is 28.8. The van der Waals surface area contributed by atoms with Crippen LogP contribution in [-0.2, 0) is 21.1 Å². The Morgan fingerprint density at radius 1 is 1.26 bits per heavy atom. The number of rotatable bonds is 4. The van der Waals surface area contributed by atoms with Crippen molar-refractivity contribution in [3.05, 3.63) is 29.8 Å². The number of likely N-dealkylation sites (N-methyl/N-ethyl adjacent to an activating group) is 1. The summed E-state index contributed by atoms with van der Waals surface area (Å²) in [6.07, 6.45) is 0.797. The van der Waals surface area contributed by atoms with Gasteiger partial charge in [0.25, 0.3) is 0 Å². The van der Waals surface area contributed by atoms with E-state index in [1.165, 1.54) is 0 Å². The van der Waals surface area contributed by atoms with Gasteiger partial charge in [0.05, 0.1) is 17.9 Å². The lowest BCUT2D eigenvalue weighted by Crippen LogP contribution is -2.38. The molecule has 0 aliphatic carbocycles. The molecule has 6 heteroatoms. The molecule has 0 aromatic heterocycles. The number of nitrogens with zero attached hydrogens (tertiary/aromatic N) is 1. The van der Waals surface area contributed by atoms with E-state index in [1.807, 2.05) is 45.0 Å². The molecule has 1 fully saturated rings. The van der Waals surface area contributed by atoms with E-state index in [2.05, 4.69) is 0 Å². The molecular formula is C17H25NO4S. The van der Waals surface area contributed by atoms with Gasteiger partial charge < -0.3 is 9.64 Å². The fourth-order valence-corrected chi connectivity index (χ4v) is 4.39. The number of hydrogen-bond donors (Lipinski definition) is 0. The summed E-state index contributed by atoms with van der Waals surface area (Å²) in [5, 5.41) is 0. The molecule has 1 aromatic carbocycles. The Morgan fingerprint density at radius 2 is 1.87 bits per heavy atom. The van der Waals surface area contributed by atoms with Crippen molar-refractivity contribution < 1.29 is 17.9 Å². The van der Waals surface area contributed by atoms with E-state index < -0.39 is 9.84 Å². The minimum absolute atomic E-state index is 0.0587. The van der Waals surface area contributed by atoms with Gasteiger partial charge in [-0.05, 0) is 44.9 Å². The van der Waals surface area contributed by atoms with Gasteiger partial charge in [0.2, 0.25) is 5.91 Å². The molecule has 0 spiro atoms. The molecule has 0 N–H and O–H groups in total. The van der Waals surface area contributed by atoms with E-state index in [0.29, 0.717) is 6.42 Å². The van der Waals surface area contributed by atoms with Gasteiger partial charge in [0, 0.05) is 13.1 Å². The second-order valence-electron chi connectivity index (χ2n) is 7.10. The summed E-state index contributed by atoms with van der Waals surface area (Å²) in [4.78, 5) is 13.9. The number of ether oxygens (including phenoxy) is 1. The second kappa shape index (κ2) is 6.51. The highest BCUT2D eigenvalue weighted by atomic mass is 32.2. The fourth-order valence-electron chi connectivity index (χ4n) is 2.61. The number of hydrogen-bond acceptors (Lipinski definition) is 4. The highest BCUT2D eigenvalue weighted by Gasteiger charge is 2.32. The predicted octanol–water partition coefficient (Wildman–Crippen LogP) is 2.05. The molecule has 1 aliphatic heterocycles. The lowest BCUT2D eigenvalue weighted by atomic mass is 10.1. The molecule has 1 saturated heterocycles. The fraction of sp³-hybridized carbons (Fsp3) is 0.588. The second-order valence-corrected chi connectivity index (χ2v) is 9.33. The van der Waals surface area contributed by atoms with Crippen LogP contribution in [0.15, 0.2) is 24.3 Å². The van der Waals surface area contributed by atoms with Gasteiger partial charge in [-0.25, -0.2) is 8.42 Å². The van der Waals surface area contributed by atoms with E-state index in [0.717, 1.165) is 11.3 Å². The first-order valence-corrected chi connectivity index (χ1v) is 9.62. The topological polar surface area (TPSA) is 63.7 Å². The number of benzene rings is 1. The largest absolute Gasteiger partial charge is 0.488 e. The smallest absolute Gasteiger partial charge is 0.227 e. The van der Waals surface area contributed by atoms with E-state index >= 15 is 0 Å². The third-order valence-corrected chi connectivity index (χ3v) is 5.60. The van der Waals surface area contributed by atoms with Crippen molar-refractivity contribution in [3.63, 3.8) is 0 Å². The normalized spacial score (nSPS) is 20.3. The summed E-state index contributed by atoms with van der Waals surface area (Å²) in [6, 6.07) is 7.26. The van der Waals surface area contributed by atoms with Crippen molar-refractivity contribution in [2.45, 2.75) is 45.3 Å². The zero-order chi connectivity index (χ0) is 17.3. The first-order chi connectivity index (χ1) is 10.6. The van der Waals surface area contributed by atoms with Gasteiger partial charge >= 0.3 is 0 Å². The molecule has 1 atom stereocenters. The van der Waals surface area contributed by atoms with Crippen molar-refractivity contribution in [3.8, 4) is 5.75 Å². The first-order valence-electron chi connectivity index (χ1n) is 7.80. The minimum Gasteiger partial charge on any atom is -0.488 e. The van der Waals surface area contributed by atoms with Crippen molar-refractivity contribution in [2.75, 3.05) is 18.6 Å².